The van der Waals surface area contributed by atoms with E-state index in [1.807, 2.05) is 29.2 Å². The molecule has 3 rings (SSSR count). The Hall–Kier alpha value is -2.61. The van der Waals surface area contributed by atoms with Crippen LogP contribution in [0.15, 0.2) is 28.8 Å². The summed E-state index contributed by atoms with van der Waals surface area (Å²) in [5, 5.41) is 7.26. The highest BCUT2D eigenvalue weighted by atomic mass is 16.5. The van der Waals surface area contributed by atoms with Gasteiger partial charge in [-0.15, -0.1) is 0 Å². The second-order valence-corrected chi connectivity index (χ2v) is 8.40. The molecule has 1 N–H and O–H groups in total. The minimum Gasteiger partial charge on any atom is -0.497 e. The third-order valence-electron chi connectivity index (χ3n) is 5.86. The van der Waals surface area contributed by atoms with Crippen LogP contribution in [0.5, 0.6) is 5.75 Å². The van der Waals surface area contributed by atoms with Crippen LogP contribution in [0.2, 0.25) is 0 Å². The van der Waals surface area contributed by atoms with E-state index in [0.29, 0.717) is 18.4 Å². The predicted molar refractivity (Wildman–Crippen MR) is 126 cm³/mol. The zero-order valence-electron chi connectivity index (χ0n) is 19.7. The van der Waals surface area contributed by atoms with E-state index in [-0.39, 0.29) is 11.8 Å². The highest BCUT2D eigenvalue weighted by Crippen LogP contribution is 2.25. The number of piperidine rings is 1. The second kappa shape index (κ2) is 12.4. The summed E-state index contributed by atoms with van der Waals surface area (Å²) in [5.74, 6) is 1.40. The van der Waals surface area contributed by atoms with Crippen molar-refractivity contribution in [2.24, 2.45) is 5.92 Å². The third kappa shape index (κ3) is 6.69. The Morgan fingerprint density at radius 2 is 1.97 bits per heavy atom. The number of anilines is 1. The largest absolute Gasteiger partial charge is 0.497 e. The van der Waals surface area contributed by atoms with E-state index in [0.717, 1.165) is 63.3 Å². The molecule has 0 radical (unpaired) electrons. The topological polar surface area (TPSA) is 83.7 Å². The molecule has 1 unspecified atom stereocenters. The molecule has 8 heteroatoms. The Kier molecular flexibility index (Phi) is 9.34. The van der Waals surface area contributed by atoms with Crippen LogP contribution in [-0.4, -0.2) is 67.3 Å². The summed E-state index contributed by atoms with van der Waals surface area (Å²) in [6.07, 6.45) is 5.13. The van der Waals surface area contributed by atoms with Crippen LogP contribution < -0.4 is 15.0 Å². The summed E-state index contributed by atoms with van der Waals surface area (Å²) in [6.45, 7) is 9.86. The standard InChI is InChI=1S/C24H37N5O3/c1-4-14-28(15-5-2)16-7-13-25-23(30)20-8-6-17-29(18-20)24-26-22(27-32-24)19-9-11-21(31-3)12-10-19/h9-12,20H,4-8,13-18H2,1-3H3,(H,25,30). The number of nitrogens with zero attached hydrogens (tertiary/aromatic N) is 4. The number of amides is 1. The molecule has 2 heterocycles. The van der Waals surface area contributed by atoms with Crippen molar-refractivity contribution in [3.05, 3.63) is 24.3 Å². The highest BCUT2D eigenvalue weighted by Gasteiger charge is 2.28. The number of benzene rings is 1. The first-order chi connectivity index (χ1) is 15.6. The van der Waals surface area contributed by atoms with Gasteiger partial charge in [-0.3, -0.25) is 4.79 Å². The Bertz CT molecular complexity index is 817. The Morgan fingerprint density at radius 1 is 1.22 bits per heavy atom. The Balaban J connectivity index is 1.48. The van der Waals surface area contributed by atoms with Gasteiger partial charge in [-0.05, 0) is 76.0 Å². The van der Waals surface area contributed by atoms with Crippen molar-refractivity contribution >= 4 is 11.9 Å². The smallest absolute Gasteiger partial charge is 0.324 e. The van der Waals surface area contributed by atoms with Crippen LogP contribution in [-0.2, 0) is 4.79 Å². The number of ether oxygens (including phenoxy) is 1. The van der Waals surface area contributed by atoms with E-state index < -0.39 is 0 Å². The molecule has 1 atom stereocenters. The lowest BCUT2D eigenvalue weighted by molar-refractivity contribution is -0.125. The molecule has 32 heavy (non-hydrogen) atoms. The number of hydrogen-bond acceptors (Lipinski definition) is 7. The number of carbonyl (C=O) groups excluding carboxylic acids is 1. The normalized spacial score (nSPS) is 16.4. The maximum absolute atomic E-state index is 12.7. The molecule has 0 aliphatic carbocycles. The lowest BCUT2D eigenvalue weighted by atomic mass is 9.97. The first kappa shape index (κ1) is 24.0. The van der Waals surface area contributed by atoms with E-state index in [1.165, 1.54) is 12.8 Å². The summed E-state index contributed by atoms with van der Waals surface area (Å²) in [5.41, 5.74) is 0.868. The molecule has 1 aliphatic heterocycles. The summed E-state index contributed by atoms with van der Waals surface area (Å²) in [7, 11) is 1.64. The zero-order chi connectivity index (χ0) is 22.8. The van der Waals surface area contributed by atoms with Gasteiger partial charge >= 0.3 is 6.01 Å². The fourth-order valence-corrected chi connectivity index (χ4v) is 4.19. The summed E-state index contributed by atoms with van der Waals surface area (Å²) in [4.78, 5) is 21.8. The van der Waals surface area contributed by atoms with Gasteiger partial charge in [-0.25, -0.2) is 0 Å². The average molecular weight is 444 g/mol. The number of hydrogen-bond donors (Lipinski definition) is 1. The molecule has 2 aromatic rings. The minimum atomic E-state index is -0.0533. The van der Waals surface area contributed by atoms with Crippen molar-refractivity contribution in [3.63, 3.8) is 0 Å². The molecule has 0 saturated carbocycles. The van der Waals surface area contributed by atoms with E-state index in [4.69, 9.17) is 9.26 Å². The molecule has 0 bridgehead atoms. The minimum absolute atomic E-state index is 0.0533. The highest BCUT2D eigenvalue weighted by molar-refractivity contribution is 5.79. The van der Waals surface area contributed by atoms with Crippen molar-refractivity contribution in [1.82, 2.24) is 20.4 Å². The number of aromatic nitrogens is 2. The molecule has 8 nitrogen and oxygen atoms in total. The van der Waals surface area contributed by atoms with E-state index in [2.05, 4.69) is 34.2 Å². The quantitative estimate of drug-likeness (QED) is 0.502. The van der Waals surface area contributed by atoms with Crippen molar-refractivity contribution in [2.75, 3.05) is 51.3 Å². The van der Waals surface area contributed by atoms with Crippen LogP contribution in [0.1, 0.15) is 46.0 Å². The SMILES string of the molecule is CCCN(CCC)CCCNC(=O)C1CCCN(c2nc(-c3ccc(OC)cc3)no2)C1. The molecule has 1 fully saturated rings. The molecular formula is C24H37N5O3. The third-order valence-corrected chi connectivity index (χ3v) is 5.86. The molecule has 1 saturated heterocycles. The molecule has 1 aromatic heterocycles. The number of carbonyl (C=O) groups is 1. The fourth-order valence-electron chi connectivity index (χ4n) is 4.19. The lowest BCUT2D eigenvalue weighted by Gasteiger charge is -2.30. The Morgan fingerprint density at radius 3 is 2.66 bits per heavy atom. The summed E-state index contributed by atoms with van der Waals surface area (Å²) < 4.78 is 10.7. The van der Waals surface area contributed by atoms with Crippen LogP contribution in [0.25, 0.3) is 11.4 Å². The molecule has 1 aliphatic rings. The van der Waals surface area contributed by atoms with Crippen molar-refractivity contribution in [1.29, 1.82) is 0 Å². The zero-order valence-corrected chi connectivity index (χ0v) is 19.7. The van der Waals surface area contributed by atoms with Gasteiger partial charge in [-0.1, -0.05) is 19.0 Å². The van der Waals surface area contributed by atoms with E-state index in [9.17, 15) is 4.79 Å². The predicted octanol–water partition coefficient (Wildman–Crippen LogP) is 3.59. The van der Waals surface area contributed by atoms with Crippen LogP contribution in [0.3, 0.4) is 0 Å². The van der Waals surface area contributed by atoms with Gasteiger partial charge in [0.1, 0.15) is 5.75 Å². The number of rotatable bonds is 12. The second-order valence-electron chi connectivity index (χ2n) is 8.40. The van der Waals surface area contributed by atoms with Crippen molar-refractivity contribution in [2.45, 2.75) is 46.0 Å². The fraction of sp³-hybridized carbons (Fsp3) is 0.625. The first-order valence-electron chi connectivity index (χ1n) is 11.9. The van der Waals surface area contributed by atoms with Gasteiger partial charge < -0.3 is 24.4 Å². The average Bonchev–Trinajstić information content (AvgIpc) is 3.32. The van der Waals surface area contributed by atoms with Crippen LogP contribution >= 0.6 is 0 Å². The van der Waals surface area contributed by atoms with Gasteiger partial charge in [0.25, 0.3) is 0 Å². The van der Waals surface area contributed by atoms with E-state index in [1.54, 1.807) is 7.11 Å². The van der Waals surface area contributed by atoms with Crippen LogP contribution in [0.4, 0.5) is 6.01 Å². The van der Waals surface area contributed by atoms with Gasteiger partial charge in [0.15, 0.2) is 0 Å². The molecule has 176 valence electrons. The maximum atomic E-state index is 12.7. The maximum Gasteiger partial charge on any atom is 0.324 e. The van der Waals surface area contributed by atoms with Crippen molar-refractivity contribution in [3.8, 4) is 17.1 Å². The molecule has 1 amide bonds. The van der Waals surface area contributed by atoms with Crippen LogP contribution in [0, 0.1) is 5.92 Å². The summed E-state index contributed by atoms with van der Waals surface area (Å²) >= 11 is 0. The molecule has 1 aromatic carbocycles. The molecule has 0 spiro atoms. The number of methoxy groups -OCH3 is 1. The first-order valence-corrected chi connectivity index (χ1v) is 11.9. The van der Waals surface area contributed by atoms with Gasteiger partial charge in [0, 0.05) is 25.2 Å². The van der Waals surface area contributed by atoms with E-state index >= 15 is 0 Å². The molecular weight excluding hydrogens is 406 g/mol. The Labute approximate surface area is 191 Å². The number of nitrogens with one attached hydrogen (secondary N) is 1. The summed E-state index contributed by atoms with van der Waals surface area (Å²) in [6, 6.07) is 8.03. The van der Waals surface area contributed by atoms with Gasteiger partial charge in [0.2, 0.25) is 11.7 Å². The van der Waals surface area contributed by atoms with Gasteiger partial charge in [0.05, 0.1) is 13.0 Å². The van der Waals surface area contributed by atoms with Gasteiger partial charge in [-0.2, -0.15) is 4.98 Å². The monoisotopic (exact) mass is 443 g/mol. The van der Waals surface area contributed by atoms with Crippen molar-refractivity contribution < 1.29 is 14.1 Å². The lowest BCUT2D eigenvalue weighted by Crippen LogP contribution is -2.43.